The van der Waals surface area contributed by atoms with Gasteiger partial charge in [-0.25, -0.2) is 9.97 Å². The number of anilines is 1. The second kappa shape index (κ2) is 5.38. The van der Waals surface area contributed by atoms with E-state index in [1.165, 1.54) is 0 Å². The molecule has 0 saturated carbocycles. The maximum Gasteiger partial charge on any atom is 0.181 e. The zero-order valence-electron chi connectivity index (χ0n) is 11.9. The molecule has 0 aliphatic rings. The Hall–Kier alpha value is -2.05. The number of thiophene rings is 1. The molecule has 5 nitrogen and oxygen atoms in total. The van der Waals surface area contributed by atoms with E-state index in [1.54, 1.807) is 31.4 Å². The molecule has 0 aliphatic heterocycles. The lowest BCUT2D eigenvalue weighted by molar-refractivity contribution is 0.0944. The summed E-state index contributed by atoms with van der Waals surface area (Å²) in [4.78, 5) is 14.3. The molecule has 0 saturated heterocycles. The highest BCUT2D eigenvalue weighted by molar-refractivity contribution is 7.16. The highest BCUT2D eigenvalue weighted by Crippen LogP contribution is 2.28. The zero-order valence-corrected chi connectivity index (χ0v) is 12.7. The highest BCUT2D eigenvalue weighted by atomic mass is 32.1. The number of hydrogen-bond acceptors (Lipinski definition) is 6. The summed E-state index contributed by atoms with van der Waals surface area (Å²) in [5.41, 5.74) is -0.0718. The molecule has 0 amide bonds. The lowest BCUT2D eigenvalue weighted by Crippen LogP contribution is -2.29. The molecule has 3 heterocycles. The number of nitrogens with zero attached hydrogens (tertiary/aromatic N) is 3. The van der Waals surface area contributed by atoms with E-state index in [4.69, 9.17) is 0 Å². The van der Waals surface area contributed by atoms with Crippen molar-refractivity contribution in [3.63, 3.8) is 0 Å². The molecule has 0 radical (unpaired) electrons. The maximum absolute atomic E-state index is 9.87. The maximum atomic E-state index is 9.87. The van der Waals surface area contributed by atoms with Crippen molar-refractivity contribution in [3.05, 3.63) is 35.8 Å². The van der Waals surface area contributed by atoms with Gasteiger partial charge in [0.15, 0.2) is 5.82 Å². The number of nitrogens with one attached hydrogen (secondary N) is 1. The Labute approximate surface area is 126 Å². The molecule has 0 unspecified atom stereocenters. The lowest BCUT2D eigenvalue weighted by Gasteiger charge is -2.18. The van der Waals surface area contributed by atoms with E-state index in [-0.39, 0.29) is 0 Å². The van der Waals surface area contributed by atoms with E-state index >= 15 is 0 Å². The fraction of sp³-hybridized carbons (Fsp3) is 0.267. The summed E-state index contributed by atoms with van der Waals surface area (Å²) in [6.45, 7) is 3.92. The summed E-state index contributed by atoms with van der Waals surface area (Å²) in [5, 5.41) is 16.0. The average molecular weight is 300 g/mol. The van der Waals surface area contributed by atoms with Crippen molar-refractivity contribution in [2.24, 2.45) is 0 Å². The van der Waals surface area contributed by atoms with Crippen molar-refractivity contribution in [2.75, 3.05) is 11.9 Å². The molecule has 0 spiro atoms. The summed E-state index contributed by atoms with van der Waals surface area (Å²) < 4.78 is 0. The van der Waals surface area contributed by atoms with Gasteiger partial charge in [-0.3, -0.25) is 4.98 Å². The van der Waals surface area contributed by atoms with Crippen LogP contribution in [0.2, 0.25) is 0 Å². The van der Waals surface area contributed by atoms with Gasteiger partial charge >= 0.3 is 0 Å². The Morgan fingerprint density at radius 2 is 2.10 bits per heavy atom. The van der Waals surface area contributed by atoms with Crippen LogP contribution in [0.5, 0.6) is 0 Å². The molecule has 0 aliphatic carbocycles. The van der Waals surface area contributed by atoms with Crippen molar-refractivity contribution in [1.82, 2.24) is 15.0 Å². The molecular formula is C15H16N4OS. The third kappa shape index (κ3) is 3.17. The highest BCUT2D eigenvalue weighted by Gasteiger charge is 2.15. The number of aromatic nitrogens is 3. The second-order valence-electron chi connectivity index (χ2n) is 5.42. The van der Waals surface area contributed by atoms with Crippen LogP contribution >= 0.6 is 11.3 Å². The molecule has 21 heavy (non-hydrogen) atoms. The predicted octanol–water partition coefficient (Wildman–Crippen LogP) is 2.94. The first-order valence-corrected chi connectivity index (χ1v) is 7.54. The van der Waals surface area contributed by atoms with Gasteiger partial charge in [0.2, 0.25) is 0 Å². The van der Waals surface area contributed by atoms with E-state index in [0.717, 1.165) is 21.7 Å². The first kappa shape index (κ1) is 13.9. The molecule has 0 aromatic carbocycles. The molecule has 6 heteroatoms. The average Bonchev–Trinajstić information content (AvgIpc) is 2.93. The summed E-state index contributed by atoms with van der Waals surface area (Å²) in [7, 11) is 0. The van der Waals surface area contributed by atoms with Gasteiger partial charge in [0.1, 0.15) is 16.3 Å². The van der Waals surface area contributed by atoms with Crippen molar-refractivity contribution < 1.29 is 5.11 Å². The van der Waals surface area contributed by atoms with Crippen LogP contribution in [0, 0.1) is 0 Å². The minimum atomic E-state index is -0.807. The first-order chi connectivity index (χ1) is 10.0. The molecule has 3 aromatic heterocycles. The van der Waals surface area contributed by atoms with Gasteiger partial charge < -0.3 is 10.4 Å². The van der Waals surface area contributed by atoms with Gasteiger partial charge in [-0.05, 0) is 37.4 Å². The summed E-state index contributed by atoms with van der Waals surface area (Å²) in [6, 6.07) is 7.64. The Morgan fingerprint density at radius 3 is 2.81 bits per heavy atom. The van der Waals surface area contributed by atoms with Crippen LogP contribution in [-0.4, -0.2) is 32.2 Å². The molecule has 0 bridgehead atoms. The van der Waals surface area contributed by atoms with Crippen LogP contribution < -0.4 is 5.32 Å². The van der Waals surface area contributed by atoms with Gasteiger partial charge in [-0.1, -0.05) is 6.07 Å². The first-order valence-electron chi connectivity index (χ1n) is 6.66. The summed E-state index contributed by atoms with van der Waals surface area (Å²) >= 11 is 1.56. The van der Waals surface area contributed by atoms with Crippen molar-refractivity contribution in [1.29, 1.82) is 0 Å². The lowest BCUT2D eigenvalue weighted by atomic mass is 10.1. The van der Waals surface area contributed by atoms with E-state index in [2.05, 4.69) is 20.3 Å². The molecule has 108 valence electrons. The van der Waals surface area contributed by atoms with Gasteiger partial charge in [0.05, 0.1) is 11.0 Å². The van der Waals surface area contributed by atoms with Crippen LogP contribution in [0.25, 0.3) is 21.7 Å². The van der Waals surface area contributed by atoms with Crippen molar-refractivity contribution >= 4 is 27.4 Å². The minimum Gasteiger partial charge on any atom is -0.389 e. The van der Waals surface area contributed by atoms with E-state index in [1.807, 2.05) is 29.6 Å². The van der Waals surface area contributed by atoms with Crippen LogP contribution in [0.1, 0.15) is 13.8 Å². The molecule has 3 aromatic rings. The SMILES string of the molecule is CC(C)(O)CNc1nc(-c2ccccn2)nc2sccc12. The standard InChI is InChI=1S/C15H16N4OS/c1-15(2,20)9-17-12-10-6-8-21-14(10)19-13(18-12)11-5-3-4-7-16-11/h3-8,20H,9H2,1-2H3,(H,17,18,19). The predicted molar refractivity (Wildman–Crippen MR) is 85.4 cm³/mol. The number of fused-ring (bicyclic) bond motifs is 1. The van der Waals surface area contributed by atoms with E-state index in [0.29, 0.717) is 12.4 Å². The fourth-order valence-corrected chi connectivity index (χ4v) is 2.66. The normalized spacial score (nSPS) is 11.8. The topological polar surface area (TPSA) is 70.9 Å². The smallest absolute Gasteiger partial charge is 0.181 e. The quantitative estimate of drug-likeness (QED) is 0.775. The Bertz CT molecular complexity index is 749. The van der Waals surface area contributed by atoms with Crippen LogP contribution in [-0.2, 0) is 0 Å². The van der Waals surface area contributed by atoms with Crippen LogP contribution in [0.3, 0.4) is 0 Å². The minimum absolute atomic E-state index is 0.413. The monoisotopic (exact) mass is 300 g/mol. The molecule has 3 rings (SSSR count). The Morgan fingerprint density at radius 1 is 1.24 bits per heavy atom. The molecular weight excluding hydrogens is 284 g/mol. The van der Waals surface area contributed by atoms with Gasteiger partial charge in [0.25, 0.3) is 0 Å². The Kier molecular flexibility index (Phi) is 3.57. The summed E-state index contributed by atoms with van der Waals surface area (Å²) in [5.74, 6) is 1.31. The molecule has 0 atom stereocenters. The number of rotatable bonds is 4. The molecule has 2 N–H and O–H groups in total. The summed E-state index contributed by atoms with van der Waals surface area (Å²) in [6.07, 6.45) is 1.72. The third-order valence-corrected chi connectivity index (χ3v) is 3.71. The Balaban J connectivity index is 2.04. The van der Waals surface area contributed by atoms with Crippen molar-refractivity contribution in [2.45, 2.75) is 19.4 Å². The van der Waals surface area contributed by atoms with Gasteiger partial charge in [0, 0.05) is 12.7 Å². The number of pyridine rings is 1. The van der Waals surface area contributed by atoms with E-state index < -0.39 is 5.60 Å². The van der Waals surface area contributed by atoms with Gasteiger partial charge in [-0.15, -0.1) is 11.3 Å². The van der Waals surface area contributed by atoms with Gasteiger partial charge in [-0.2, -0.15) is 0 Å². The zero-order chi connectivity index (χ0) is 14.9. The molecule has 0 fully saturated rings. The van der Waals surface area contributed by atoms with E-state index in [9.17, 15) is 5.11 Å². The fourth-order valence-electron chi connectivity index (χ4n) is 1.90. The number of hydrogen-bond donors (Lipinski definition) is 2. The third-order valence-electron chi connectivity index (χ3n) is 2.91. The second-order valence-corrected chi connectivity index (χ2v) is 6.31. The van der Waals surface area contributed by atoms with Crippen molar-refractivity contribution in [3.8, 4) is 11.5 Å². The number of aliphatic hydroxyl groups is 1. The van der Waals surface area contributed by atoms with Crippen LogP contribution in [0.15, 0.2) is 35.8 Å². The van der Waals surface area contributed by atoms with Crippen LogP contribution in [0.4, 0.5) is 5.82 Å². The largest absolute Gasteiger partial charge is 0.389 e.